The van der Waals surface area contributed by atoms with Crippen molar-refractivity contribution in [1.29, 1.82) is 5.26 Å². The van der Waals surface area contributed by atoms with Gasteiger partial charge in [0.1, 0.15) is 6.07 Å². The van der Waals surface area contributed by atoms with E-state index in [0.717, 1.165) is 0 Å². The average Bonchev–Trinajstić information content (AvgIpc) is 2.01. The number of nitriles is 1. The first kappa shape index (κ1) is 9.45. The molecule has 1 heterocycles. The molecule has 1 rings (SSSR count). The Morgan fingerprint density at radius 2 is 2.00 bits per heavy atom. The lowest BCUT2D eigenvalue weighted by Crippen LogP contribution is -2.10. The van der Waals surface area contributed by atoms with Crippen molar-refractivity contribution in [2.24, 2.45) is 0 Å². The summed E-state index contributed by atoms with van der Waals surface area (Å²) in [6.45, 7) is 0. The summed E-state index contributed by atoms with van der Waals surface area (Å²) in [7, 11) is 0. The molecule has 0 atom stereocenters. The van der Waals surface area contributed by atoms with Crippen LogP contribution in [-0.2, 0) is 6.18 Å². The molecule has 0 radical (unpaired) electrons. The van der Waals surface area contributed by atoms with Crippen LogP contribution in [0.1, 0.15) is 11.3 Å². The van der Waals surface area contributed by atoms with Crippen LogP contribution in [0, 0.1) is 17.1 Å². The maximum atomic E-state index is 12.6. The van der Waals surface area contributed by atoms with Crippen molar-refractivity contribution in [3.63, 3.8) is 0 Å². The predicted octanol–water partition coefficient (Wildman–Crippen LogP) is 2.11. The van der Waals surface area contributed by atoms with E-state index < -0.39 is 17.7 Å². The summed E-state index contributed by atoms with van der Waals surface area (Å²) >= 11 is 0. The highest BCUT2D eigenvalue weighted by molar-refractivity contribution is 5.28. The van der Waals surface area contributed by atoms with Crippen LogP contribution < -0.4 is 0 Å². The minimum atomic E-state index is -4.82. The van der Waals surface area contributed by atoms with E-state index in [1.165, 1.54) is 6.07 Å². The number of pyridine rings is 1. The van der Waals surface area contributed by atoms with Crippen molar-refractivity contribution in [1.82, 2.24) is 4.98 Å². The third-order valence-corrected chi connectivity index (χ3v) is 1.24. The van der Waals surface area contributed by atoms with E-state index in [1.807, 2.05) is 0 Å². The molecular weight excluding hydrogens is 188 g/mol. The van der Waals surface area contributed by atoms with Gasteiger partial charge in [-0.15, -0.1) is 0 Å². The summed E-state index contributed by atoms with van der Waals surface area (Å²) in [5.41, 5.74) is -1.85. The van der Waals surface area contributed by atoms with E-state index in [0.29, 0.717) is 12.3 Å². The Morgan fingerprint density at radius 3 is 2.38 bits per heavy atom. The number of hydrogen-bond acceptors (Lipinski definition) is 2. The molecule has 0 saturated heterocycles. The molecule has 0 spiro atoms. The van der Waals surface area contributed by atoms with E-state index in [-0.39, 0.29) is 5.56 Å². The smallest absolute Gasteiger partial charge is 0.248 e. The van der Waals surface area contributed by atoms with Gasteiger partial charge in [0.05, 0.1) is 5.56 Å². The Kier molecular flexibility index (Phi) is 2.19. The van der Waals surface area contributed by atoms with Crippen LogP contribution in [0.2, 0.25) is 0 Å². The van der Waals surface area contributed by atoms with E-state index >= 15 is 0 Å². The lowest BCUT2D eigenvalue weighted by Gasteiger charge is -2.05. The Bertz CT molecular complexity index is 364. The zero-order chi connectivity index (χ0) is 10.1. The molecule has 0 aliphatic heterocycles. The quantitative estimate of drug-likeness (QED) is 0.587. The molecule has 0 aliphatic carbocycles. The second-order valence-corrected chi connectivity index (χ2v) is 2.16. The van der Waals surface area contributed by atoms with E-state index in [9.17, 15) is 17.6 Å². The normalized spacial score (nSPS) is 11.0. The van der Waals surface area contributed by atoms with Gasteiger partial charge in [-0.2, -0.15) is 18.4 Å². The molecule has 13 heavy (non-hydrogen) atoms. The summed E-state index contributed by atoms with van der Waals surface area (Å²) in [4.78, 5) is 2.80. The Labute approximate surface area is 70.4 Å². The number of aromatic nitrogens is 1. The first-order chi connectivity index (χ1) is 5.95. The van der Waals surface area contributed by atoms with Crippen molar-refractivity contribution in [2.75, 3.05) is 0 Å². The van der Waals surface area contributed by atoms with Gasteiger partial charge < -0.3 is 0 Å². The molecule has 0 unspecified atom stereocenters. The van der Waals surface area contributed by atoms with Crippen LogP contribution in [0.25, 0.3) is 0 Å². The molecule has 0 bridgehead atoms. The fourth-order valence-corrected chi connectivity index (χ4v) is 0.708. The molecule has 0 fully saturated rings. The summed E-state index contributed by atoms with van der Waals surface area (Å²) < 4.78 is 48.3. The Morgan fingerprint density at radius 1 is 1.38 bits per heavy atom. The lowest BCUT2D eigenvalue weighted by atomic mass is 10.2. The molecule has 0 aromatic carbocycles. The van der Waals surface area contributed by atoms with Crippen LogP contribution in [0.3, 0.4) is 0 Å². The third kappa shape index (κ3) is 1.93. The SMILES string of the molecule is N#Cc1cnc(C(F)(F)F)c(F)c1. The first-order valence-corrected chi connectivity index (χ1v) is 3.08. The van der Waals surface area contributed by atoms with Gasteiger partial charge in [0.15, 0.2) is 11.5 Å². The van der Waals surface area contributed by atoms with Gasteiger partial charge in [-0.1, -0.05) is 0 Å². The number of hydrogen-bond donors (Lipinski definition) is 0. The second-order valence-electron chi connectivity index (χ2n) is 2.16. The molecule has 0 amide bonds. The molecule has 1 aromatic rings. The monoisotopic (exact) mass is 190 g/mol. The standard InChI is InChI=1S/C7H2F4N2/c8-5-1-4(2-12)3-13-6(5)7(9,10)11/h1,3H. The Balaban J connectivity index is 3.23. The fourth-order valence-electron chi connectivity index (χ4n) is 0.708. The summed E-state index contributed by atoms with van der Waals surface area (Å²) in [6.07, 6.45) is -4.15. The van der Waals surface area contributed by atoms with Gasteiger partial charge in [-0.05, 0) is 6.07 Å². The molecule has 1 aromatic heterocycles. The third-order valence-electron chi connectivity index (χ3n) is 1.24. The summed E-state index contributed by atoms with van der Waals surface area (Å²) in [5.74, 6) is -1.54. The number of halogens is 4. The highest BCUT2D eigenvalue weighted by atomic mass is 19.4. The van der Waals surface area contributed by atoms with Gasteiger partial charge in [-0.3, -0.25) is 0 Å². The maximum absolute atomic E-state index is 12.6. The molecule has 68 valence electrons. The average molecular weight is 190 g/mol. The fraction of sp³-hybridized carbons (Fsp3) is 0.143. The number of alkyl halides is 3. The van der Waals surface area contributed by atoms with E-state index in [2.05, 4.69) is 4.98 Å². The van der Waals surface area contributed by atoms with Gasteiger partial charge in [0, 0.05) is 6.20 Å². The van der Waals surface area contributed by atoms with Crippen molar-refractivity contribution < 1.29 is 17.6 Å². The van der Waals surface area contributed by atoms with Crippen LogP contribution in [0.5, 0.6) is 0 Å². The largest absolute Gasteiger partial charge is 0.436 e. The first-order valence-electron chi connectivity index (χ1n) is 3.08. The minimum Gasteiger partial charge on any atom is -0.248 e. The Hall–Kier alpha value is -1.64. The predicted molar refractivity (Wildman–Crippen MR) is 33.9 cm³/mol. The second kappa shape index (κ2) is 3.01. The maximum Gasteiger partial charge on any atom is 0.436 e. The molecule has 2 nitrogen and oxygen atoms in total. The highest BCUT2D eigenvalue weighted by Gasteiger charge is 2.35. The topological polar surface area (TPSA) is 36.7 Å². The van der Waals surface area contributed by atoms with Gasteiger partial charge in [-0.25, -0.2) is 9.37 Å². The van der Waals surface area contributed by atoms with E-state index in [1.54, 1.807) is 0 Å². The minimum absolute atomic E-state index is 0.245. The molecule has 0 saturated carbocycles. The number of rotatable bonds is 0. The van der Waals surface area contributed by atoms with Crippen LogP contribution in [-0.4, -0.2) is 4.98 Å². The van der Waals surface area contributed by atoms with Crippen molar-refractivity contribution >= 4 is 0 Å². The zero-order valence-corrected chi connectivity index (χ0v) is 6.06. The molecular formula is C7H2F4N2. The zero-order valence-electron chi connectivity index (χ0n) is 6.06. The molecule has 6 heteroatoms. The van der Waals surface area contributed by atoms with Crippen LogP contribution >= 0.6 is 0 Å². The van der Waals surface area contributed by atoms with Crippen molar-refractivity contribution in [3.8, 4) is 6.07 Å². The van der Waals surface area contributed by atoms with Crippen LogP contribution in [0.15, 0.2) is 12.3 Å². The van der Waals surface area contributed by atoms with Crippen molar-refractivity contribution in [3.05, 3.63) is 29.3 Å². The molecule has 0 aliphatic rings. The lowest BCUT2D eigenvalue weighted by molar-refractivity contribution is -0.143. The van der Waals surface area contributed by atoms with Gasteiger partial charge in [0.25, 0.3) is 0 Å². The van der Waals surface area contributed by atoms with Gasteiger partial charge >= 0.3 is 6.18 Å². The van der Waals surface area contributed by atoms with Gasteiger partial charge in [0.2, 0.25) is 0 Å². The highest BCUT2D eigenvalue weighted by Crippen LogP contribution is 2.29. The summed E-state index contributed by atoms with van der Waals surface area (Å²) in [5, 5.41) is 8.22. The summed E-state index contributed by atoms with van der Waals surface area (Å²) in [6, 6.07) is 1.97. The van der Waals surface area contributed by atoms with Crippen molar-refractivity contribution in [2.45, 2.75) is 6.18 Å². The molecule has 0 N–H and O–H groups in total. The van der Waals surface area contributed by atoms with E-state index in [4.69, 9.17) is 5.26 Å². The number of nitrogens with zero attached hydrogens (tertiary/aromatic N) is 2. The van der Waals surface area contributed by atoms with Crippen LogP contribution in [0.4, 0.5) is 17.6 Å².